The molecule has 3 aliphatic heterocycles. The van der Waals surface area contributed by atoms with Gasteiger partial charge in [0.15, 0.2) is 5.60 Å². The summed E-state index contributed by atoms with van der Waals surface area (Å²) in [6.07, 6.45) is -5.35. The monoisotopic (exact) mass is 424 g/mol. The number of amides is 2. The lowest BCUT2D eigenvalue weighted by molar-refractivity contribution is -0.182. The SMILES string of the molecule is CC12C[C@@](O)(C(=O)O)[C@@](C)(O1)[C@@H]1C(=O)N(c3ccc(C#N)c(C(F)(F)F)c3)C(=O)[C@@H]12. The first kappa shape index (κ1) is 20.3. The van der Waals surface area contributed by atoms with Gasteiger partial charge < -0.3 is 14.9 Å². The van der Waals surface area contributed by atoms with E-state index in [0.29, 0.717) is 11.0 Å². The molecule has 3 heterocycles. The Balaban J connectivity index is 1.83. The number of alkyl halides is 3. The molecule has 1 aromatic carbocycles. The molecule has 8 nitrogen and oxygen atoms in total. The van der Waals surface area contributed by atoms with Crippen molar-refractivity contribution >= 4 is 23.5 Å². The van der Waals surface area contributed by atoms with Gasteiger partial charge in [-0.25, -0.2) is 9.69 Å². The summed E-state index contributed by atoms with van der Waals surface area (Å²) in [5.41, 5.74) is -8.26. The fourth-order valence-corrected chi connectivity index (χ4v) is 5.17. The van der Waals surface area contributed by atoms with Crippen molar-refractivity contribution < 1.29 is 42.5 Å². The summed E-state index contributed by atoms with van der Waals surface area (Å²) in [4.78, 5) is 38.5. The highest BCUT2D eigenvalue weighted by Crippen LogP contribution is 2.64. The van der Waals surface area contributed by atoms with Crippen molar-refractivity contribution in [2.45, 2.75) is 43.2 Å². The lowest BCUT2D eigenvalue weighted by Gasteiger charge is -2.39. The molecule has 1 unspecified atom stereocenters. The summed E-state index contributed by atoms with van der Waals surface area (Å²) < 4.78 is 45.7. The van der Waals surface area contributed by atoms with Crippen LogP contribution < -0.4 is 4.90 Å². The van der Waals surface area contributed by atoms with E-state index in [0.717, 1.165) is 12.1 Å². The van der Waals surface area contributed by atoms with Crippen molar-refractivity contribution in [3.05, 3.63) is 29.3 Å². The number of nitrogens with zero attached hydrogens (tertiary/aromatic N) is 2. The molecule has 3 aliphatic rings. The zero-order valence-corrected chi connectivity index (χ0v) is 15.6. The first-order valence-corrected chi connectivity index (χ1v) is 8.86. The van der Waals surface area contributed by atoms with Gasteiger partial charge in [-0.15, -0.1) is 0 Å². The zero-order valence-electron chi connectivity index (χ0n) is 15.6. The number of ether oxygens (including phenoxy) is 1. The van der Waals surface area contributed by atoms with Crippen LogP contribution in [-0.2, 0) is 25.3 Å². The summed E-state index contributed by atoms with van der Waals surface area (Å²) in [7, 11) is 0. The predicted octanol–water partition coefficient (Wildman–Crippen LogP) is 1.45. The molecule has 11 heteroatoms. The lowest BCUT2D eigenvalue weighted by atomic mass is 9.61. The number of carboxylic acids is 1. The van der Waals surface area contributed by atoms with E-state index in [1.807, 2.05) is 0 Å². The number of carbonyl (C=O) groups is 3. The smallest absolute Gasteiger partial charge is 0.417 e. The van der Waals surface area contributed by atoms with Crippen LogP contribution in [0.2, 0.25) is 0 Å². The lowest BCUT2D eigenvalue weighted by Crippen LogP contribution is -2.62. The summed E-state index contributed by atoms with van der Waals surface area (Å²) in [6.45, 7) is 2.61. The number of benzene rings is 1. The van der Waals surface area contributed by atoms with Gasteiger partial charge in [-0.2, -0.15) is 18.4 Å². The highest BCUT2D eigenvalue weighted by Gasteiger charge is 2.82. The van der Waals surface area contributed by atoms with E-state index >= 15 is 0 Å². The molecule has 0 aromatic heterocycles. The fourth-order valence-electron chi connectivity index (χ4n) is 5.17. The number of hydrogen-bond donors (Lipinski definition) is 2. The van der Waals surface area contributed by atoms with Gasteiger partial charge in [0, 0.05) is 6.42 Å². The Morgan fingerprint density at radius 2 is 1.87 bits per heavy atom. The zero-order chi connectivity index (χ0) is 22.4. The average molecular weight is 424 g/mol. The molecule has 1 aromatic rings. The minimum Gasteiger partial charge on any atom is -0.479 e. The van der Waals surface area contributed by atoms with Crippen LogP contribution in [0.5, 0.6) is 0 Å². The first-order chi connectivity index (χ1) is 13.7. The third-order valence-corrected chi connectivity index (χ3v) is 6.47. The van der Waals surface area contributed by atoms with Gasteiger partial charge in [-0.1, -0.05) is 0 Å². The van der Waals surface area contributed by atoms with E-state index in [1.165, 1.54) is 19.9 Å². The number of aliphatic carboxylic acids is 1. The predicted molar refractivity (Wildman–Crippen MR) is 90.7 cm³/mol. The maximum atomic E-state index is 13.3. The number of rotatable bonds is 2. The van der Waals surface area contributed by atoms with E-state index in [9.17, 15) is 37.8 Å². The Hall–Kier alpha value is -2.97. The van der Waals surface area contributed by atoms with Gasteiger partial charge >= 0.3 is 12.1 Å². The highest BCUT2D eigenvalue weighted by atomic mass is 19.4. The number of nitriles is 1. The molecule has 2 amide bonds. The largest absolute Gasteiger partial charge is 0.479 e. The van der Waals surface area contributed by atoms with Crippen molar-refractivity contribution in [1.29, 1.82) is 5.26 Å². The normalized spacial score (nSPS) is 37.4. The van der Waals surface area contributed by atoms with Crippen molar-refractivity contribution in [3.8, 4) is 6.07 Å². The first-order valence-electron chi connectivity index (χ1n) is 8.86. The third-order valence-electron chi connectivity index (χ3n) is 6.47. The van der Waals surface area contributed by atoms with Crippen molar-refractivity contribution in [3.63, 3.8) is 0 Å². The molecule has 30 heavy (non-hydrogen) atoms. The summed E-state index contributed by atoms with van der Waals surface area (Å²) >= 11 is 0. The molecule has 5 atom stereocenters. The maximum Gasteiger partial charge on any atom is 0.417 e. The van der Waals surface area contributed by atoms with Crippen LogP contribution in [-0.4, -0.2) is 44.8 Å². The van der Waals surface area contributed by atoms with Gasteiger partial charge in [0.2, 0.25) is 11.8 Å². The molecule has 0 aliphatic carbocycles. The van der Waals surface area contributed by atoms with Crippen LogP contribution in [0.15, 0.2) is 18.2 Å². The molecule has 2 N–H and O–H groups in total. The van der Waals surface area contributed by atoms with Crippen molar-refractivity contribution in [2.75, 3.05) is 4.90 Å². The van der Waals surface area contributed by atoms with Crippen molar-refractivity contribution in [2.24, 2.45) is 11.8 Å². The molecule has 0 radical (unpaired) electrons. The fraction of sp³-hybridized carbons (Fsp3) is 0.474. The molecule has 0 spiro atoms. The van der Waals surface area contributed by atoms with Crippen LogP contribution in [0.1, 0.15) is 31.4 Å². The van der Waals surface area contributed by atoms with E-state index in [4.69, 9.17) is 10.00 Å². The molecular weight excluding hydrogens is 409 g/mol. The molecule has 2 bridgehead atoms. The van der Waals surface area contributed by atoms with Crippen LogP contribution in [0, 0.1) is 23.2 Å². The topological polar surface area (TPSA) is 128 Å². The number of aliphatic hydroxyl groups is 1. The second kappa shape index (κ2) is 5.59. The summed E-state index contributed by atoms with van der Waals surface area (Å²) in [5.74, 6) is -5.99. The molecular formula is C19H15F3N2O6. The maximum absolute atomic E-state index is 13.3. The van der Waals surface area contributed by atoms with Gasteiger partial charge in [0.1, 0.15) is 5.60 Å². The Morgan fingerprint density at radius 3 is 2.40 bits per heavy atom. The minimum absolute atomic E-state index is 0.392. The Bertz CT molecular complexity index is 1070. The second-order valence-corrected chi connectivity index (χ2v) is 8.17. The van der Waals surface area contributed by atoms with Crippen LogP contribution in [0.25, 0.3) is 0 Å². The van der Waals surface area contributed by atoms with Crippen LogP contribution >= 0.6 is 0 Å². The number of anilines is 1. The molecule has 3 saturated heterocycles. The Labute approximate surface area is 167 Å². The summed E-state index contributed by atoms with van der Waals surface area (Å²) in [6, 6.07) is 3.85. The van der Waals surface area contributed by atoms with Crippen molar-refractivity contribution in [1.82, 2.24) is 0 Å². The molecule has 3 fully saturated rings. The van der Waals surface area contributed by atoms with Crippen LogP contribution in [0.3, 0.4) is 0 Å². The quantitative estimate of drug-likeness (QED) is 0.688. The summed E-state index contributed by atoms with van der Waals surface area (Å²) in [5, 5.41) is 29.2. The van der Waals surface area contributed by atoms with E-state index < -0.39 is 75.8 Å². The van der Waals surface area contributed by atoms with E-state index in [1.54, 1.807) is 0 Å². The van der Waals surface area contributed by atoms with E-state index in [2.05, 4.69) is 0 Å². The van der Waals surface area contributed by atoms with Gasteiger partial charge in [0.05, 0.1) is 40.3 Å². The van der Waals surface area contributed by atoms with Gasteiger partial charge in [-0.3, -0.25) is 9.59 Å². The number of halogens is 3. The minimum atomic E-state index is -4.90. The number of imide groups is 1. The van der Waals surface area contributed by atoms with Crippen LogP contribution in [0.4, 0.5) is 18.9 Å². The number of carbonyl (C=O) groups excluding carboxylic acids is 2. The standard InChI is InChI=1S/C19H15F3N2O6/c1-16-7-18(29,15(27)28)17(2,30-16)12-11(16)13(25)24(14(12)26)9-4-3-8(6-23)10(5-9)19(20,21)22/h3-5,11-12,29H,7H2,1-2H3,(H,27,28)/t11-,12+,16?,17+,18-/m1/s1. The molecule has 158 valence electrons. The molecule has 0 saturated carbocycles. The highest BCUT2D eigenvalue weighted by molar-refractivity contribution is 6.23. The molecule has 4 rings (SSSR count). The Morgan fingerprint density at radius 1 is 1.27 bits per heavy atom. The van der Waals surface area contributed by atoms with Gasteiger partial charge in [-0.05, 0) is 32.0 Å². The van der Waals surface area contributed by atoms with Gasteiger partial charge in [0.25, 0.3) is 0 Å². The number of carboxylic acid groups (broad SMARTS) is 1. The Kier molecular flexibility index (Phi) is 3.78. The van der Waals surface area contributed by atoms with E-state index in [-0.39, 0.29) is 0 Å². The average Bonchev–Trinajstić information content (AvgIpc) is 3.13. The second-order valence-electron chi connectivity index (χ2n) is 8.17. The number of fused-ring (bicyclic) bond motifs is 5. The number of hydrogen-bond acceptors (Lipinski definition) is 6. The third kappa shape index (κ3) is 2.20.